The van der Waals surface area contributed by atoms with Crippen molar-refractivity contribution in [2.24, 2.45) is 5.16 Å². The van der Waals surface area contributed by atoms with Crippen molar-refractivity contribution in [2.45, 2.75) is 20.0 Å². The highest BCUT2D eigenvalue weighted by Crippen LogP contribution is 2.22. The van der Waals surface area contributed by atoms with Gasteiger partial charge in [0.1, 0.15) is 12.4 Å². The fourth-order valence-electron chi connectivity index (χ4n) is 1.69. The van der Waals surface area contributed by atoms with Gasteiger partial charge in [0.15, 0.2) is 0 Å². The summed E-state index contributed by atoms with van der Waals surface area (Å²) < 4.78 is 5.78. The second-order valence-electron chi connectivity index (χ2n) is 3.76. The van der Waals surface area contributed by atoms with Gasteiger partial charge in [0.2, 0.25) is 0 Å². The van der Waals surface area contributed by atoms with Crippen LogP contribution in [0.25, 0.3) is 0 Å². The van der Waals surface area contributed by atoms with Gasteiger partial charge in [-0.3, -0.25) is 0 Å². The molecule has 2 rings (SSSR count). The predicted molar refractivity (Wildman–Crippen MR) is 73.7 cm³/mol. The second-order valence-corrected chi connectivity index (χ2v) is 4.80. The topological polar surface area (TPSA) is 41.8 Å². The number of rotatable bonds is 5. The third-order valence-corrected chi connectivity index (χ3v) is 3.45. The van der Waals surface area contributed by atoms with Crippen molar-refractivity contribution in [2.75, 3.05) is 0 Å². The molecule has 3 nitrogen and oxygen atoms in total. The quantitative estimate of drug-likeness (QED) is 0.503. The van der Waals surface area contributed by atoms with Gasteiger partial charge in [-0.1, -0.05) is 30.3 Å². The number of hydrogen-bond donors (Lipinski definition) is 1. The molecule has 0 aliphatic heterocycles. The molecule has 1 aromatic carbocycles. The average Bonchev–Trinajstić information content (AvgIpc) is 2.92. The lowest BCUT2D eigenvalue weighted by Gasteiger charge is -2.10. The van der Waals surface area contributed by atoms with Gasteiger partial charge in [-0.15, -0.1) is 11.3 Å². The molecule has 0 unspecified atom stereocenters. The predicted octanol–water partition coefficient (Wildman–Crippen LogP) is 3.92. The first kappa shape index (κ1) is 12.6. The largest absolute Gasteiger partial charge is 0.487 e. The Hall–Kier alpha value is -1.81. The summed E-state index contributed by atoms with van der Waals surface area (Å²) in [6.45, 7) is 2.49. The van der Waals surface area contributed by atoms with E-state index in [0.717, 1.165) is 11.3 Å². The number of oxime groups is 1. The van der Waals surface area contributed by atoms with Gasteiger partial charge in [-0.2, -0.15) is 0 Å². The van der Waals surface area contributed by atoms with Crippen LogP contribution in [0.5, 0.6) is 5.75 Å². The molecule has 0 saturated heterocycles. The highest BCUT2D eigenvalue weighted by Gasteiger charge is 2.09. The molecule has 1 N–H and O–H groups in total. The van der Waals surface area contributed by atoms with E-state index in [1.54, 1.807) is 11.3 Å². The normalized spacial score (nSPS) is 11.5. The number of hydrogen-bond acceptors (Lipinski definition) is 4. The van der Waals surface area contributed by atoms with Crippen LogP contribution in [0.15, 0.2) is 46.9 Å². The molecule has 0 aliphatic rings. The minimum atomic E-state index is 0.539. The molecule has 1 aromatic heterocycles. The molecule has 0 fully saturated rings. The van der Waals surface area contributed by atoms with Crippen LogP contribution in [0.2, 0.25) is 0 Å². The summed E-state index contributed by atoms with van der Waals surface area (Å²) in [7, 11) is 0. The maximum Gasteiger partial charge on any atom is 0.129 e. The zero-order valence-electron chi connectivity index (χ0n) is 10.2. The van der Waals surface area contributed by atoms with Gasteiger partial charge < -0.3 is 9.94 Å². The Morgan fingerprint density at radius 1 is 1.28 bits per heavy atom. The SMILES string of the molecule is CC/C(=N\O)c1ccccc1OCc1cccs1. The maximum absolute atomic E-state index is 8.99. The summed E-state index contributed by atoms with van der Waals surface area (Å²) in [5.74, 6) is 0.751. The van der Waals surface area contributed by atoms with Crippen molar-refractivity contribution in [3.05, 3.63) is 52.2 Å². The summed E-state index contributed by atoms with van der Waals surface area (Å²) in [6.07, 6.45) is 0.663. The van der Waals surface area contributed by atoms with Crippen LogP contribution in [0.3, 0.4) is 0 Å². The fourth-order valence-corrected chi connectivity index (χ4v) is 2.31. The maximum atomic E-state index is 8.99. The van der Waals surface area contributed by atoms with Gasteiger partial charge in [0.05, 0.1) is 5.71 Å². The first-order valence-electron chi connectivity index (χ1n) is 5.80. The molecule has 4 heteroatoms. The lowest BCUT2D eigenvalue weighted by Crippen LogP contribution is -2.03. The molecular weight excluding hydrogens is 246 g/mol. The first-order chi connectivity index (χ1) is 8.85. The molecule has 0 atom stereocenters. The Labute approximate surface area is 110 Å². The van der Waals surface area contributed by atoms with Crippen LogP contribution in [-0.2, 0) is 6.61 Å². The van der Waals surface area contributed by atoms with Crippen molar-refractivity contribution in [1.82, 2.24) is 0 Å². The number of benzene rings is 1. The monoisotopic (exact) mass is 261 g/mol. The standard InChI is InChI=1S/C14H15NO2S/c1-2-13(15-16)12-7-3-4-8-14(12)17-10-11-6-5-9-18-11/h3-9,16H,2,10H2,1H3/b15-13+. The smallest absolute Gasteiger partial charge is 0.129 e. The van der Waals surface area contributed by atoms with E-state index in [2.05, 4.69) is 5.16 Å². The lowest BCUT2D eigenvalue weighted by molar-refractivity contribution is 0.306. The van der Waals surface area contributed by atoms with E-state index in [1.807, 2.05) is 48.7 Å². The number of ether oxygens (including phenoxy) is 1. The zero-order chi connectivity index (χ0) is 12.8. The van der Waals surface area contributed by atoms with E-state index in [1.165, 1.54) is 4.88 Å². The van der Waals surface area contributed by atoms with Crippen LogP contribution in [-0.4, -0.2) is 10.9 Å². The lowest BCUT2D eigenvalue weighted by atomic mass is 10.1. The molecule has 1 heterocycles. The van der Waals surface area contributed by atoms with E-state index >= 15 is 0 Å². The Morgan fingerprint density at radius 2 is 2.11 bits per heavy atom. The first-order valence-corrected chi connectivity index (χ1v) is 6.68. The van der Waals surface area contributed by atoms with Gasteiger partial charge >= 0.3 is 0 Å². The van der Waals surface area contributed by atoms with Crippen LogP contribution >= 0.6 is 11.3 Å². The Morgan fingerprint density at radius 3 is 2.78 bits per heavy atom. The minimum Gasteiger partial charge on any atom is -0.487 e. The molecular formula is C14H15NO2S. The molecule has 0 amide bonds. The summed E-state index contributed by atoms with van der Waals surface area (Å²) in [6, 6.07) is 11.7. The van der Waals surface area contributed by atoms with Gasteiger partial charge in [-0.25, -0.2) is 0 Å². The Kier molecular flexibility index (Phi) is 4.36. The third-order valence-electron chi connectivity index (χ3n) is 2.60. The van der Waals surface area contributed by atoms with E-state index in [4.69, 9.17) is 9.94 Å². The van der Waals surface area contributed by atoms with Crippen molar-refractivity contribution < 1.29 is 9.94 Å². The molecule has 18 heavy (non-hydrogen) atoms. The zero-order valence-corrected chi connectivity index (χ0v) is 11.0. The van der Waals surface area contributed by atoms with Gasteiger partial charge in [0, 0.05) is 10.4 Å². The summed E-state index contributed by atoms with van der Waals surface area (Å²) in [5, 5.41) is 14.3. The van der Waals surface area contributed by atoms with Crippen LogP contribution in [0.1, 0.15) is 23.8 Å². The van der Waals surface area contributed by atoms with E-state index in [0.29, 0.717) is 18.7 Å². The number of para-hydroxylation sites is 1. The molecule has 2 aromatic rings. The van der Waals surface area contributed by atoms with Gasteiger partial charge in [0.25, 0.3) is 0 Å². The van der Waals surface area contributed by atoms with Crippen molar-refractivity contribution in [1.29, 1.82) is 0 Å². The molecule has 0 radical (unpaired) electrons. The molecule has 0 spiro atoms. The van der Waals surface area contributed by atoms with E-state index in [9.17, 15) is 0 Å². The summed E-state index contributed by atoms with van der Waals surface area (Å²) in [4.78, 5) is 1.17. The van der Waals surface area contributed by atoms with Crippen molar-refractivity contribution in [3.63, 3.8) is 0 Å². The van der Waals surface area contributed by atoms with E-state index in [-0.39, 0.29) is 0 Å². The summed E-state index contributed by atoms with van der Waals surface area (Å²) in [5.41, 5.74) is 1.48. The molecule has 0 saturated carbocycles. The Balaban J connectivity index is 2.17. The van der Waals surface area contributed by atoms with Gasteiger partial charge in [-0.05, 0) is 30.0 Å². The molecule has 94 valence electrons. The van der Waals surface area contributed by atoms with Crippen LogP contribution in [0, 0.1) is 0 Å². The van der Waals surface area contributed by atoms with E-state index < -0.39 is 0 Å². The minimum absolute atomic E-state index is 0.539. The van der Waals surface area contributed by atoms with Crippen LogP contribution < -0.4 is 4.74 Å². The number of nitrogens with zero attached hydrogens (tertiary/aromatic N) is 1. The highest BCUT2D eigenvalue weighted by molar-refractivity contribution is 7.09. The second kappa shape index (κ2) is 6.21. The Bertz CT molecular complexity index is 520. The molecule has 0 bridgehead atoms. The van der Waals surface area contributed by atoms with Crippen molar-refractivity contribution in [3.8, 4) is 5.75 Å². The fraction of sp³-hybridized carbons (Fsp3) is 0.214. The summed E-state index contributed by atoms with van der Waals surface area (Å²) >= 11 is 1.66. The van der Waals surface area contributed by atoms with Crippen molar-refractivity contribution >= 4 is 17.0 Å². The van der Waals surface area contributed by atoms with Crippen LogP contribution in [0.4, 0.5) is 0 Å². The number of thiophene rings is 1. The molecule has 0 aliphatic carbocycles. The third kappa shape index (κ3) is 2.90. The highest BCUT2D eigenvalue weighted by atomic mass is 32.1. The average molecular weight is 261 g/mol.